The van der Waals surface area contributed by atoms with Gasteiger partial charge < -0.3 is 19.7 Å². The molecule has 0 heterocycles. The molecule has 0 aliphatic heterocycles. The highest BCUT2D eigenvalue weighted by atomic mass is 16.6. The van der Waals surface area contributed by atoms with Crippen LogP contribution in [0.4, 0.5) is 10.5 Å². The lowest BCUT2D eigenvalue weighted by molar-refractivity contribution is -0.131. The Balaban J connectivity index is 2.08. The summed E-state index contributed by atoms with van der Waals surface area (Å²) in [4.78, 5) is 23.0. The Kier molecular flexibility index (Phi) is 8.05. The van der Waals surface area contributed by atoms with Crippen LogP contribution in [0.15, 0.2) is 60.7 Å². The molecule has 7 nitrogen and oxygen atoms in total. The van der Waals surface area contributed by atoms with E-state index in [1.807, 2.05) is 19.1 Å². The molecule has 0 bridgehead atoms. The number of aryl methyl sites for hydroxylation is 1. The molecule has 2 aromatic rings. The molecule has 1 atom stereocenters. The Bertz CT molecular complexity index is 799. The van der Waals surface area contributed by atoms with Crippen LogP contribution >= 0.6 is 0 Å². The normalized spacial score (nSPS) is 11.8. The van der Waals surface area contributed by atoms with E-state index in [2.05, 4.69) is 5.32 Å². The number of hydrogen-bond acceptors (Lipinski definition) is 5. The molecule has 0 radical (unpaired) electrons. The van der Waals surface area contributed by atoms with Gasteiger partial charge in [0.25, 0.3) is 0 Å². The van der Waals surface area contributed by atoms with Gasteiger partial charge in [-0.1, -0.05) is 35.9 Å². The summed E-state index contributed by atoms with van der Waals surface area (Å²) in [7, 11) is 0. The second kappa shape index (κ2) is 10.7. The summed E-state index contributed by atoms with van der Waals surface area (Å²) in [5.74, 6) is -0.502. The average Bonchev–Trinajstić information content (AvgIpc) is 2.67. The van der Waals surface area contributed by atoms with E-state index in [4.69, 9.17) is 19.7 Å². The first-order valence-electron chi connectivity index (χ1n) is 8.75. The van der Waals surface area contributed by atoms with Gasteiger partial charge in [0, 0.05) is 18.2 Å². The van der Waals surface area contributed by atoms with Gasteiger partial charge in [-0.05, 0) is 36.8 Å². The fraction of sp³-hybridized carbons (Fsp3) is 0.238. The van der Waals surface area contributed by atoms with Crippen LogP contribution < -0.4 is 10.1 Å². The van der Waals surface area contributed by atoms with Crippen molar-refractivity contribution in [1.29, 1.82) is 0 Å². The molecular formula is C21H23NO6. The Morgan fingerprint density at radius 1 is 1.11 bits per heavy atom. The number of carbonyl (C=O) groups excluding carboxylic acids is 1. The molecule has 0 aromatic heterocycles. The van der Waals surface area contributed by atoms with Crippen LogP contribution in [0.2, 0.25) is 0 Å². The predicted molar refractivity (Wildman–Crippen MR) is 104 cm³/mol. The number of hydrogen-bond donors (Lipinski definition) is 3. The maximum absolute atomic E-state index is 12.3. The number of aliphatic carboxylic acids is 1. The number of carboxylic acids is 1. The topological polar surface area (TPSA) is 105 Å². The minimum absolute atomic E-state index is 0.0906. The summed E-state index contributed by atoms with van der Waals surface area (Å²) >= 11 is 0. The Morgan fingerprint density at radius 3 is 2.39 bits per heavy atom. The fourth-order valence-corrected chi connectivity index (χ4v) is 2.40. The van der Waals surface area contributed by atoms with Crippen LogP contribution in [-0.4, -0.2) is 35.5 Å². The lowest BCUT2D eigenvalue weighted by Gasteiger charge is -2.18. The first-order chi connectivity index (χ1) is 13.5. The molecule has 2 aromatic carbocycles. The molecule has 0 spiro atoms. The molecule has 2 rings (SSSR count). The number of carboxylic acid groups (broad SMARTS) is 1. The van der Waals surface area contributed by atoms with Crippen LogP contribution in [0.3, 0.4) is 0 Å². The highest BCUT2D eigenvalue weighted by Gasteiger charge is 2.16. The zero-order valence-corrected chi connectivity index (χ0v) is 15.5. The highest BCUT2D eigenvalue weighted by molar-refractivity contribution is 5.84. The van der Waals surface area contributed by atoms with Crippen molar-refractivity contribution in [2.45, 2.75) is 19.4 Å². The molecule has 1 amide bonds. The van der Waals surface area contributed by atoms with Gasteiger partial charge in [-0.2, -0.15) is 0 Å². The van der Waals surface area contributed by atoms with Crippen LogP contribution in [0.25, 0.3) is 0 Å². The fourth-order valence-electron chi connectivity index (χ4n) is 2.40. The molecular weight excluding hydrogens is 362 g/mol. The lowest BCUT2D eigenvalue weighted by Crippen LogP contribution is -2.17. The Morgan fingerprint density at radius 2 is 1.79 bits per heavy atom. The van der Waals surface area contributed by atoms with Crippen molar-refractivity contribution >= 4 is 17.7 Å². The van der Waals surface area contributed by atoms with Gasteiger partial charge in [0.1, 0.15) is 18.5 Å². The van der Waals surface area contributed by atoms with E-state index in [9.17, 15) is 9.59 Å². The number of aliphatic hydroxyl groups is 1. The van der Waals surface area contributed by atoms with Crippen molar-refractivity contribution < 1.29 is 29.3 Å². The number of benzene rings is 2. The number of ether oxygens (including phenoxy) is 2. The van der Waals surface area contributed by atoms with Crippen LogP contribution in [0.1, 0.15) is 23.7 Å². The number of aliphatic hydroxyl groups excluding tert-OH is 1. The number of carbonyl (C=O) groups is 2. The summed E-state index contributed by atoms with van der Waals surface area (Å²) in [5, 5.41) is 20.2. The van der Waals surface area contributed by atoms with Crippen molar-refractivity contribution in [3.63, 3.8) is 0 Å². The van der Waals surface area contributed by atoms with Crippen LogP contribution in [0.5, 0.6) is 5.75 Å². The van der Waals surface area contributed by atoms with Gasteiger partial charge in [0.15, 0.2) is 0 Å². The van der Waals surface area contributed by atoms with E-state index in [-0.39, 0.29) is 19.6 Å². The van der Waals surface area contributed by atoms with Crippen LogP contribution in [-0.2, 0) is 9.53 Å². The van der Waals surface area contributed by atoms with Gasteiger partial charge in [0.05, 0.1) is 6.61 Å². The molecule has 0 fully saturated rings. The predicted octanol–water partition coefficient (Wildman–Crippen LogP) is 3.69. The van der Waals surface area contributed by atoms with E-state index in [1.165, 1.54) is 6.08 Å². The zero-order chi connectivity index (χ0) is 20.4. The lowest BCUT2D eigenvalue weighted by atomic mass is 10.1. The van der Waals surface area contributed by atoms with E-state index < -0.39 is 18.2 Å². The average molecular weight is 385 g/mol. The van der Waals surface area contributed by atoms with Gasteiger partial charge in [-0.15, -0.1) is 0 Å². The molecule has 3 N–H and O–H groups in total. The Hall–Kier alpha value is -3.32. The molecule has 148 valence electrons. The SMILES string of the molecule is Cc1ccc(NC(=O)O[C@@H](C/C=C/C(=O)O)c2ccc(OCCO)cc2)cc1. The summed E-state index contributed by atoms with van der Waals surface area (Å²) in [6, 6.07) is 14.1. The summed E-state index contributed by atoms with van der Waals surface area (Å²) in [6.07, 6.45) is 1.32. The smallest absolute Gasteiger partial charge is 0.412 e. The number of anilines is 1. The van der Waals surface area contributed by atoms with E-state index in [0.29, 0.717) is 17.0 Å². The van der Waals surface area contributed by atoms with E-state index >= 15 is 0 Å². The van der Waals surface area contributed by atoms with Gasteiger partial charge >= 0.3 is 12.1 Å². The molecule has 0 saturated heterocycles. The largest absolute Gasteiger partial charge is 0.491 e. The first kappa shape index (κ1) is 21.0. The summed E-state index contributed by atoms with van der Waals surface area (Å²) in [6.45, 7) is 2.03. The molecule has 7 heteroatoms. The van der Waals surface area contributed by atoms with Crippen molar-refractivity contribution in [1.82, 2.24) is 0 Å². The third-order valence-electron chi connectivity index (χ3n) is 3.77. The summed E-state index contributed by atoms with van der Waals surface area (Å²) in [5.41, 5.74) is 2.35. The summed E-state index contributed by atoms with van der Waals surface area (Å²) < 4.78 is 10.8. The quantitative estimate of drug-likeness (QED) is 0.569. The molecule has 0 saturated carbocycles. The van der Waals surface area contributed by atoms with Crippen molar-refractivity contribution in [3.8, 4) is 5.75 Å². The second-order valence-corrected chi connectivity index (χ2v) is 6.00. The maximum atomic E-state index is 12.3. The number of nitrogens with one attached hydrogen (secondary N) is 1. The minimum Gasteiger partial charge on any atom is -0.491 e. The molecule has 0 aliphatic rings. The van der Waals surface area contributed by atoms with E-state index in [1.54, 1.807) is 36.4 Å². The van der Waals surface area contributed by atoms with Crippen molar-refractivity contribution in [3.05, 3.63) is 71.8 Å². The molecule has 0 unspecified atom stereocenters. The van der Waals surface area contributed by atoms with Crippen molar-refractivity contribution in [2.24, 2.45) is 0 Å². The van der Waals surface area contributed by atoms with Crippen LogP contribution in [0, 0.1) is 6.92 Å². The monoisotopic (exact) mass is 385 g/mol. The third-order valence-corrected chi connectivity index (χ3v) is 3.77. The minimum atomic E-state index is -1.07. The van der Waals surface area contributed by atoms with Crippen molar-refractivity contribution in [2.75, 3.05) is 18.5 Å². The number of amides is 1. The third kappa shape index (κ3) is 7.13. The van der Waals surface area contributed by atoms with E-state index in [0.717, 1.165) is 11.6 Å². The number of rotatable bonds is 9. The molecule has 28 heavy (non-hydrogen) atoms. The van der Waals surface area contributed by atoms with Gasteiger partial charge in [-0.3, -0.25) is 5.32 Å². The first-order valence-corrected chi connectivity index (χ1v) is 8.75. The highest BCUT2D eigenvalue weighted by Crippen LogP contribution is 2.25. The van der Waals surface area contributed by atoms with Gasteiger partial charge in [0.2, 0.25) is 0 Å². The second-order valence-electron chi connectivity index (χ2n) is 6.00. The van der Waals surface area contributed by atoms with Gasteiger partial charge in [-0.25, -0.2) is 9.59 Å². The Labute approximate surface area is 163 Å². The standard InChI is InChI=1S/C21H23NO6/c1-15-5-9-17(10-6-15)22-21(26)28-19(3-2-4-20(24)25)16-7-11-18(12-8-16)27-14-13-23/h2,4-12,19,23H,3,13-14H2,1H3,(H,22,26)(H,24,25)/b4-2+/t19-/m0/s1. The maximum Gasteiger partial charge on any atom is 0.412 e. The molecule has 0 aliphatic carbocycles. The zero-order valence-electron chi connectivity index (χ0n) is 15.5.